The van der Waals surface area contributed by atoms with Crippen LogP contribution in [0.1, 0.15) is 12.5 Å². The fourth-order valence-electron chi connectivity index (χ4n) is 1.16. The standard InChI is InChI=1S/C10H11ClO3/c1-10(13,9(12)14-2)7-5-3-4-6-8(7)11/h3-6,13H,1-2H3/t10-/m1/s1. The quantitative estimate of drug-likeness (QED) is 0.763. The van der Waals surface area contributed by atoms with E-state index in [1.54, 1.807) is 24.3 Å². The molecule has 0 saturated carbocycles. The molecule has 0 fully saturated rings. The van der Waals surface area contributed by atoms with E-state index in [9.17, 15) is 9.90 Å². The van der Waals surface area contributed by atoms with E-state index in [0.29, 0.717) is 10.6 Å². The molecule has 0 heterocycles. The number of halogens is 1. The Labute approximate surface area is 87.3 Å². The van der Waals surface area contributed by atoms with Crippen molar-refractivity contribution in [2.45, 2.75) is 12.5 Å². The third-order valence-corrected chi connectivity index (χ3v) is 2.31. The van der Waals surface area contributed by atoms with Crippen molar-refractivity contribution in [1.82, 2.24) is 0 Å². The SMILES string of the molecule is COC(=O)[C@](C)(O)c1ccccc1Cl. The summed E-state index contributed by atoms with van der Waals surface area (Å²) in [6, 6.07) is 6.60. The first-order valence-electron chi connectivity index (χ1n) is 4.06. The molecule has 0 aliphatic carbocycles. The third kappa shape index (κ3) is 1.89. The average molecular weight is 215 g/mol. The molecule has 1 rings (SSSR count). The van der Waals surface area contributed by atoms with Crippen LogP contribution in [0.4, 0.5) is 0 Å². The Morgan fingerprint density at radius 3 is 2.57 bits per heavy atom. The molecule has 1 atom stereocenters. The molecule has 0 spiro atoms. The van der Waals surface area contributed by atoms with Crippen LogP contribution in [0.25, 0.3) is 0 Å². The highest BCUT2D eigenvalue weighted by molar-refractivity contribution is 6.31. The van der Waals surface area contributed by atoms with Crippen LogP contribution in [0, 0.1) is 0 Å². The largest absolute Gasteiger partial charge is 0.467 e. The van der Waals surface area contributed by atoms with Gasteiger partial charge in [-0.15, -0.1) is 0 Å². The second-order valence-corrected chi connectivity index (χ2v) is 3.45. The van der Waals surface area contributed by atoms with Crippen molar-refractivity contribution in [2.24, 2.45) is 0 Å². The van der Waals surface area contributed by atoms with Gasteiger partial charge in [0.2, 0.25) is 0 Å². The topological polar surface area (TPSA) is 46.5 Å². The summed E-state index contributed by atoms with van der Waals surface area (Å²) in [5, 5.41) is 10.2. The van der Waals surface area contributed by atoms with Gasteiger partial charge in [0.1, 0.15) is 0 Å². The molecule has 0 saturated heterocycles. The van der Waals surface area contributed by atoms with E-state index in [1.165, 1.54) is 14.0 Å². The second-order valence-electron chi connectivity index (χ2n) is 3.04. The van der Waals surface area contributed by atoms with Crippen molar-refractivity contribution in [3.63, 3.8) is 0 Å². The zero-order valence-electron chi connectivity index (χ0n) is 7.95. The molecule has 0 radical (unpaired) electrons. The van der Waals surface area contributed by atoms with E-state index in [-0.39, 0.29) is 0 Å². The van der Waals surface area contributed by atoms with Gasteiger partial charge in [-0.3, -0.25) is 0 Å². The molecule has 76 valence electrons. The highest BCUT2D eigenvalue weighted by atomic mass is 35.5. The number of rotatable bonds is 2. The molecule has 3 nitrogen and oxygen atoms in total. The first-order valence-corrected chi connectivity index (χ1v) is 4.43. The maximum Gasteiger partial charge on any atom is 0.342 e. The van der Waals surface area contributed by atoms with E-state index in [2.05, 4.69) is 4.74 Å². The fourth-order valence-corrected chi connectivity index (χ4v) is 1.48. The summed E-state index contributed by atoms with van der Waals surface area (Å²) < 4.78 is 4.48. The normalized spacial score (nSPS) is 14.6. The molecule has 14 heavy (non-hydrogen) atoms. The zero-order valence-corrected chi connectivity index (χ0v) is 8.71. The predicted molar refractivity (Wildman–Crippen MR) is 53.0 cm³/mol. The van der Waals surface area contributed by atoms with Crippen molar-refractivity contribution in [2.75, 3.05) is 7.11 Å². The van der Waals surface area contributed by atoms with E-state index in [4.69, 9.17) is 11.6 Å². The van der Waals surface area contributed by atoms with Gasteiger partial charge in [0.05, 0.1) is 7.11 Å². The number of carbonyl (C=O) groups excluding carboxylic acids is 1. The average Bonchev–Trinajstić information content (AvgIpc) is 2.17. The lowest BCUT2D eigenvalue weighted by Gasteiger charge is -2.21. The van der Waals surface area contributed by atoms with Crippen molar-refractivity contribution >= 4 is 17.6 Å². The molecule has 0 amide bonds. The van der Waals surface area contributed by atoms with Crippen LogP contribution in [0.15, 0.2) is 24.3 Å². The minimum absolute atomic E-state index is 0.336. The summed E-state index contributed by atoms with van der Waals surface area (Å²) >= 11 is 5.84. The molecule has 0 aliphatic rings. The summed E-state index contributed by atoms with van der Waals surface area (Å²) in [7, 11) is 1.22. The van der Waals surface area contributed by atoms with Crippen molar-refractivity contribution in [1.29, 1.82) is 0 Å². The Hall–Kier alpha value is -1.06. The van der Waals surface area contributed by atoms with Crippen LogP contribution >= 0.6 is 11.6 Å². The Kier molecular flexibility index (Phi) is 3.13. The predicted octanol–water partition coefficient (Wildman–Crippen LogP) is 1.72. The fraction of sp³-hybridized carbons (Fsp3) is 0.300. The monoisotopic (exact) mass is 214 g/mol. The maximum atomic E-state index is 11.3. The van der Waals surface area contributed by atoms with Gasteiger partial charge in [-0.2, -0.15) is 0 Å². The van der Waals surface area contributed by atoms with E-state index >= 15 is 0 Å². The van der Waals surface area contributed by atoms with Gasteiger partial charge < -0.3 is 9.84 Å². The number of hydrogen-bond donors (Lipinski definition) is 1. The molecule has 1 aromatic carbocycles. The molecule has 0 aromatic heterocycles. The summed E-state index contributed by atoms with van der Waals surface area (Å²) in [5.41, 5.74) is -1.36. The van der Waals surface area contributed by atoms with Gasteiger partial charge >= 0.3 is 5.97 Å². The van der Waals surface area contributed by atoms with Gasteiger partial charge in [0, 0.05) is 10.6 Å². The number of benzene rings is 1. The number of methoxy groups -OCH3 is 1. The third-order valence-electron chi connectivity index (χ3n) is 1.98. The van der Waals surface area contributed by atoms with Gasteiger partial charge in [-0.1, -0.05) is 29.8 Å². The molecular formula is C10H11ClO3. The minimum Gasteiger partial charge on any atom is -0.467 e. The van der Waals surface area contributed by atoms with E-state index in [0.717, 1.165) is 0 Å². The maximum absolute atomic E-state index is 11.3. The zero-order chi connectivity index (χ0) is 10.8. The first kappa shape index (κ1) is 11.0. The number of ether oxygens (including phenoxy) is 1. The highest BCUT2D eigenvalue weighted by Crippen LogP contribution is 2.28. The summed E-state index contributed by atoms with van der Waals surface area (Å²) in [6.07, 6.45) is 0. The Morgan fingerprint density at radius 2 is 2.07 bits per heavy atom. The van der Waals surface area contributed by atoms with Crippen LogP contribution in [-0.2, 0) is 15.1 Å². The highest BCUT2D eigenvalue weighted by Gasteiger charge is 2.35. The number of aliphatic hydroxyl groups is 1. The molecule has 0 bridgehead atoms. The molecule has 0 aliphatic heterocycles. The van der Waals surface area contributed by atoms with Gasteiger partial charge in [-0.05, 0) is 13.0 Å². The van der Waals surface area contributed by atoms with Gasteiger partial charge in [0.15, 0.2) is 5.60 Å². The van der Waals surface area contributed by atoms with Crippen LogP contribution in [-0.4, -0.2) is 18.2 Å². The van der Waals surface area contributed by atoms with Crippen molar-refractivity contribution < 1.29 is 14.6 Å². The van der Waals surface area contributed by atoms with E-state index in [1.807, 2.05) is 0 Å². The van der Waals surface area contributed by atoms with Gasteiger partial charge in [0.25, 0.3) is 0 Å². The summed E-state index contributed by atoms with van der Waals surface area (Å²) in [5.74, 6) is -0.731. The number of carbonyl (C=O) groups is 1. The first-order chi connectivity index (χ1) is 6.50. The summed E-state index contributed by atoms with van der Waals surface area (Å²) in [4.78, 5) is 11.3. The van der Waals surface area contributed by atoms with Crippen molar-refractivity contribution in [3.05, 3.63) is 34.9 Å². The molecular weight excluding hydrogens is 204 g/mol. The molecule has 1 aromatic rings. The molecule has 1 N–H and O–H groups in total. The van der Waals surface area contributed by atoms with Gasteiger partial charge in [-0.25, -0.2) is 4.79 Å². The smallest absolute Gasteiger partial charge is 0.342 e. The number of esters is 1. The Balaban J connectivity index is 3.16. The van der Waals surface area contributed by atoms with Crippen molar-refractivity contribution in [3.8, 4) is 0 Å². The van der Waals surface area contributed by atoms with E-state index < -0.39 is 11.6 Å². The minimum atomic E-state index is -1.70. The lowest BCUT2D eigenvalue weighted by Crippen LogP contribution is -2.33. The van der Waals surface area contributed by atoms with Crippen LogP contribution < -0.4 is 0 Å². The summed E-state index contributed by atoms with van der Waals surface area (Å²) in [6.45, 7) is 1.35. The lowest BCUT2D eigenvalue weighted by atomic mass is 9.96. The molecule has 0 unspecified atom stereocenters. The Bertz CT molecular complexity index is 347. The molecule has 4 heteroatoms. The van der Waals surface area contributed by atoms with Crippen LogP contribution in [0.5, 0.6) is 0 Å². The van der Waals surface area contributed by atoms with Crippen LogP contribution in [0.3, 0.4) is 0 Å². The number of hydrogen-bond acceptors (Lipinski definition) is 3. The second kappa shape index (κ2) is 3.98. The van der Waals surface area contributed by atoms with Crippen LogP contribution in [0.2, 0.25) is 5.02 Å². The Morgan fingerprint density at radius 1 is 1.50 bits per heavy atom. The lowest BCUT2D eigenvalue weighted by molar-refractivity contribution is -0.161.